The van der Waals surface area contributed by atoms with Crippen molar-refractivity contribution in [1.82, 2.24) is 5.32 Å². The molecule has 22 heavy (non-hydrogen) atoms. The molecule has 0 radical (unpaired) electrons. The van der Waals surface area contributed by atoms with Crippen LogP contribution < -0.4 is 10.1 Å². The van der Waals surface area contributed by atoms with Gasteiger partial charge in [-0.25, -0.2) is 0 Å². The third-order valence-corrected chi connectivity index (χ3v) is 5.51. The lowest BCUT2D eigenvalue weighted by atomic mass is 10.1. The molecule has 1 aromatic heterocycles. The van der Waals surface area contributed by atoms with E-state index in [1.54, 1.807) is 11.3 Å². The Labute approximate surface area is 134 Å². The first-order valence-electron chi connectivity index (χ1n) is 7.69. The van der Waals surface area contributed by atoms with Gasteiger partial charge in [0.2, 0.25) is 0 Å². The van der Waals surface area contributed by atoms with Crippen LogP contribution >= 0.6 is 11.3 Å². The van der Waals surface area contributed by atoms with Gasteiger partial charge in [0, 0.05) is 29.1 Å². The molecular formula is C19H19NOS. The van der Waals surface area contributed by atoms with Crippen LogP contribution in [0.1, 0.15) is 11.3 Å². The highest BCUT2D eigenvalue weighted by Gasteiger charge is 2.58. The van der Waals surface area contributed by atoms with Crippen molar-refractivity contribution < 1.29 is 4.74 Å². The van der Waals surface area contributed by atoms with Crippen molar-refractivity contribution in [1.29, 1.82) is 0 Å². The lowest BCUT2D eigenvalue weighted by Crippen LogP contribution is -2.22. The van der Waals surface area contributed by atoms with Crippen molar-refractivity contribution in [2.75, 3.05) is 13.6 Å². The predicted octanol–water partition coefficient (Wildman–Crippen LogP) is 4.41. The summed E-state index contributed by atoms with van der Waals surface area (Å²) < 4.78 is 6.61. The molecule has 0 aliphatic heterocycles. The summed E-state index contributed by atoms with van der Waals surface area (Å²) >= 11 is 1.79. The van der Waals surface area contributed by atoms with E-state index in [9.17, 15) is 0 Å². The van der Waals surface area contributed by atoms with Crippen LogP contribution in [0, 0.1) is 5.92 Å². The largest absolute Gasteiger partial charge is 0.481 e. The molecule has 2 nitrogen and oxygen atoms in total. The first-order valence-corrected chi connectivity index (χ1v) is 8.57. The van der Waals surface area contributed by atoms with Crippen molar-refractivity contribution in [3.05, 3.63) is 64.9 Å². The van der Waals surface area contributed by atoms with Crippen LogP contribution in [-0.2, 0) is 5.60 Å². The molecule has 0 saturated heterocycles. The van der Waals surface area contributed by atoms with Gasteiger partial charge in [-0.2, -0.15) is 0 Å². The number of benzene rings is 2. The Hall–Kier alpha value is -1.84. The van der Waals surface area contributed by atoms with E-state index in [0.717, 1.165) is 18.7 Å². The summed E-state index contributed by atoms with van der Waals surface area (Å²) in [6.45, 7) is 0.989. The van der Waals surface area contributed by atoms with Gasteiger partial charge in [0.15, 0.2) is 0 Å². The number of thiophene rings is 1. The van der Waals surface area contributed by atoms with Crippen molar-refractivity contribution in [3.8, 4) is 5.75 Å². The van der Waals surface area contributed by atoms with Gasteiger partial charge in [-0.1, -0.05) is 42.5 Å². The maximum atomic E-state index is 6.61. The van der Waals surface area contributed by atoms with E-state index in [1.807, 2.05) is 7.05 Å². The Balaban J connectivity index is 1.73. The summed E-state index contributed by atoms with van der Waals surface area (Å²) in [6, 6.07) is 19.0. The van der Waals surface area contributed by atoms with Gasteiger partial charge in [-0.3, -0.25) is 0 Å². The molecule has 1 saturated carbocycles. The number of ether oxygens (including phenoxy) is 1. The minimum Gasteiger partial charge on any atom is -0.481 e. The average molecular weight is 309 g/mol. The molecule has 1 fully saturated rings. The molecule has 2 aromatic carbocycles. The quantitative estimate of drug-likeness (QED) is 0.753. The summed E-state index contributed by atoms with van der Waals surface area (Å²) in [6.07, 6.45) is 1.08. The number of hydrogen-bond donors (Lipinski definition) is 1. The number of fused-ring (bicyclic) bond motifs is 1. The van der Waals surface area contributed by atoms with Gasteiger partial charge in [0.1, 0.15) is 11.4 Å². The highest BCUT2D eigenvalue weighted by molar-refractivity contribution is 7.10. The zero-order valence-corrected chi connectivity index (χ0v) is 13.4. The van der Waals surface area contributed by atoms with Crippen molar-refractivity contribution in [3.63, 3.8) is 0 Å². The minimum absolute atomic E-state index is 0.151. The zero-order valence-electron chi connectivity index (χ0n) is 12.6. The highest BCUT2D eigenvalue weighted by Crippen LogP contribution is 2.56. The molecular weight excluding hydrogens is 290 g/mol. The molecule has 3 heteroatoms. The summed E-state index contributed by atoms with van der Waals surface area (Å²) in [5, 5.41) is 7.85. The molecule has 0 unspecified atom stereocenters. The number of hydrogen-bond acceptors (Lipinski definition) is 3. The Kier molecular flexibility index (Phi) is 3.40. The molecule has 0 spiro atoms. The fourth-order valence-corrected chi connectivity index (χ4v) is 4.22. The first-order chi connectivity index (χ1) is 10.8. The third-order valence-electron chi connectivity index (χ3n) is 4.48. The van der Waals surface area contributed by atoms with Crippen LogP contribution in [0.5, 0.6) is 5.75 Å². The van der Waals surface area contributed by atoms with Gasteiger partial charge < -0.3 is 10.1 Å². The van der Waals surface area contributed by atoms with E-state index in [1.165, 1.54) is 15.6 Å². The first kappa shape index (κ1) is 13.8. The second kappa shape index (κ2) is 5.41. The summed E-state index contributed by atoms with van der Waals surface area (Å²) in [4.78, 5) is 1.33. The second-order valence-electron chi connectivity index (χ2n) is 5.90. The van der Waals surface area contributed by atoms with Gasteiger partial charge in [0.25, 0.3) is 0 Å². The van der Waals surface area contributed by atoms with Crippen LogP contribution in [0.15, 0.2) is 60.0 Å². The van der Waals surface area contributed by atoms with Crippen molar-refractivity contribution in [2.24, 2.45) is 5.92 Å². The van der Waals surface area contributed by atoms with Crippen molar-refractivity contribution in [2.45, 2.75) is 12.0 Å². The number of nitrogens with one attached hydrogen (secondary N) is 1. The van der Waals surface area contributed by atoms with E-state index in [0.29, 0.717) is 5.92 Å². The standard InChI is InChI=1S/C19H19NOS/c1-20-13-15-12-19(15,18-10-5-11-22-18)21-17-9-4-7-14-6-2-3-8-16(14)17/h2-11,15,20H,12-13H2,1H3/t15-,19-/m1/s1. The van der Waals surface area contributed by atoms with Crippen LogP contribution in [0.3, 0.4) is 0 Å². The maximum Gasteiger partial charge on any atom is 0.148 e. The van der Waals surface area contributed by atoms with E-state index >= 15 is 0 Å². The summed E-state index contributed by atoms with van der Waals surface area (Å²) in [5.41, 5.74) is -0.151. The molecule has 4 rings (SSSR count). The lowest BCUT2D eigenvalue weighted by Gasteiger charge is -2.20. The smallest absolute Gasteiger partial charge is 0.148 e. The third kappa shape index (κ3) is 2.21. The Morgan fingerprint density at radius 2 is 2.00 bits per heavy atom. The Bertz CT molecular complexity index is 778. The Morgan fingerprint density at radius 1 is 1.14 bits per heavy atom. The summed E-state index contributed by atoms with van der Waals surface area (Å²) in [7, 11) is 2.01. The van der Waals surface area contributed by atoms with Crippen molar-refractivity contribution >= 4 is 22.1 Å². The van der Waals surface area contributed by atoms with E-state index in [-0.39, 0.29) is 5.60 Å². The van der Waals surface area contributed by atoms with Gasteiger partial charge in [-0.15, -0.1) is 11.3 Å². The van der Waals surface area contributed by atoms with E-state index in [2.05, 4.69) is 65.3 Å². The van der Waals surface area contributed by atoms with Crippen LogP contribution in [0.2, 0.25) is 0 Å². The molecule has 0 bridgehead atoms. The molecule has 2 atom stereocenters. The molecule has 1 heterocycles. The number of rotatable bonds is 5. The maximum absolute atomic E-state index is 6.61. The predicted molar refractivity (Wildman–Crippen MR) is 92.6 cm³/mol. The summed E-state index contributed by atoms with van der Waals surface area (Å²) in [5.74, 6) is 1.53. The van der Waals surface area contributed by atoms with Crippen LogP contribution in [-0.4, -0.2) is 13.6 Å². The van der Waals surface area contributed by atoms with Gasteiger partial charge in [-0.05, 0) is 29.9 Å². The van der Waals surface area contributed by atoms with Crippen LogP contribution in [0.4, 0.5) is 0 Å². The topological polar surface area (TPSA) is 21.3 Å². The fraction of sp³-hybridized carbons (Fsp3) is 0.263. The highest BCUT2D eigenvalue weighted by atomic mass is 32.1. The molecule has 3 aromatic rings. The monoisotopic (exact) mass is 309 g/mol. The lowest BCUT2D eigenvalue weighted by molar-refractivity contribution is 0.167. The fourth-order valence-electron chi connectivity index (χ4n) is 3.27. The van der Waals surface area contributed by atoms with E-state index in [4.69, 9.17) is 4.74 Å². The van der Waals surface area contributed by atoms with Gasteiger partial charge >= 0.3 is 0 Å². The SMILES string of the molecule is CNC[C@H]1C[C@]1(Oc1cccc2ccccc12)c1cccs1. The molecule has 0 amide bonds. The van der Waals surface area contributed by atoms with Crippen LogP contribution in [0.25, 0.3) is 10.8 Å². The van der Waals surface area contributed by atoms with Gasteiger partial charge in [0.05, 0.1) is 0 Å². The minimum atomic E-state index is -0.151. The molecule has 112 valence electrons. The molecule has 1 aliphatic rings. The zero-order chi connectivity index (χ0) is 15.0. The molecule has 1 aliphatic carbocycles. The van der Waals surface area contributed by atoms with E-state index < -0.39 is 0 Å². The molecule has 1 N–H and O–H groups in total. The second-order valence-corrected chi connectivity index (χ2v) is 6.85. The average Bonchev–Trinajstić information content (AvgIpc) is 2.99. The normalized spacial score (nSPS) is 23.6. The Morgan fingerprint density at radius 3 is 2.82 bits per heavy atom.